The Balaban J connectivity index is 2.06. The Bertz CT molecular complexity index is 1030. The molecule has 2 aromatic carbocycles. The number of benzene rings is 2. The van der Waals surface area contributed by atoms with Gasteiger partial charge >= 0.3 is 5.97 Å². The van der Waals surface area contributed by atoms with Crippen LogP contribution in [0.15, 0.2) is 53.7 Å². The number of hydrogen-bond donors (Lipinski definition) is 1. The Kier molecular flexibility index (Phi) is 6.38. The predicted molar refractivity (Wildman–Crippen MR) is 119 cm³/mol. The normalized spacial score (nSPS) is 16.0. The Labute approximate surface area is 181 Å². The average molecular weight is 422 g/mol. The van der Waals surface area contributed by atoms with E-state index in [0.29, 0.717) is 22.1 Å². The van der Waals surface area contributed by atoms with E-state index in [2.05, 4.69) is 11.4 Å². The minimum absolute atomic E-state index is 0.0254. The summed E-state index contributed by atoms with van der Waals surface area (Å²) in [6, 6.07) is 14.8. The lowest BCUT2D eigenvalue weighted by Gasteiger charge is -2.37. The molecule has 0 aliphatic carbocycles. The number of nitrogens with one attached hydrogen (secondary N) is 1. The second-order valence-electron chi connectivity index (χ2n) is 7.07. The van der Waals surface area contributed by atoms with Crippen LogP contribution in [0.3, 0.4) is 0 Å². The fourth-order valence-electron chi connectivity index (χ4n) is 3.63. The van der Waals surface area contributed by atoms with Crippen molar-refractivity contribution in [2.24, 2.45) is 0 Å². The van der Waals surface area contributed by atoms with Crippen LogP contribution in [0.2, 0.25) is 0 Å². The molecule has 0 radical (unpaired) electrons. The van der Waals surface area contributed by atoms with Gasteiger partial charge in [-0.05, 0) is 73.9 Å². The van der Waals surface area contributed by atoms with Crippen molar-refractivity contribution < 1.29 is 14.3 Å². The Morgan fingerprint density at radius 3 is 2.37 bits per heavy atom. The first kappa shape index (κ1) is 21.3. The summed E-state index contributed by atoms with van der Waals surface area (Å²) in [7, 11) is 1.37. The first-order valence-corrected chi connectivity index (χ1v) is 9.84. The number of esters is 1. The number of anilines is 1. The summed E-state index contributed by atoms with van der Waals surface area (Å²) >= 11 is 5.68. The summed E-state index contributed by atoms with van der Waals surface area (Å²) in [6.07, 6.45) is 0. The van der Waals surface area contributed by atoms with E-state index in [0.717, 1.165) is 22.4 Å². The van der Waals surface area contributed by atoms with Crippen LogP contribution < -0.4 is 15.0 Å². The highest BCUT2D eigenvalue weighted by Crippen LogP contribution is 2.35. The van der Waals surface area contributed by atoms with Gasteiger partial charge in [0.25, 0.3) is 0 Å². The first-order valence-electron chi connectivity index (χ1n) is 9.43. The van der Waals surface area contributed by atoms with Gasteiger partial charge in [-0.2, -0.15) is 5.26 Å². The molecule has 30 heavy (non-hydrogen) atoms. The van der Waals surface area contributed by atoms with Crippen molar-refractivity contribution in [1.29, 1.82) is 5.26 Å². The van der Waals surface area contributed by atoms with E-state index in [1.807, 2.05) is 56.0 Å². The SMILES string of the molecule is COC(=O)C1=C(C)N(c2cc(C)cc(C)c2)C(=S)N[C@H]1c1ccc(OCC#N)cc1. The maximum absolute atomic E-state index is 12.7. The highest BCUT2D eigenvalue weighted by atomic mass is 32.1. The molecule has 1 atom stereocenters. The third kappa shape index (κ3) is 4.29. The van der Waals surface area contributed by atoms with Crippen molar-refractivity contribution in [3.8, 4) is 11.8 Å². The van der Waals surface area contributed by atoms with Gasteiger partial charge in [-0.25, -0.2) is 4.79 Å². The van der Waals surface area contributed by atoms with Gasteiger partial charge in [-0.15, -0.1) is 0 Å². The number of aryl methyl sites for hydroxylation is 2. The number of carbonyl (C=O) groups is 1. The van der Waals surface area contributed by atoms with E-state index in [-0.39, 0.29) is 6.61 Å². The van der Waals surface area contributed by atoms with Crippen LogP contribution in [-0.2, 0) is 9.53 Å². The standard InChI is InChI=1S/C23H23N3O3S/c1-14-11-15(2)13-18(12-14)26-16(3)20(22(27)28-4)21(25-23(26)30)17-5-7-19(8-6-17)29-10-9-24/h5-8,11-13,21H,10H2,1-4H3,(H,25,30)/t21-/m0/s1. The highest BCUT2D eigenvalue weighted by molar-refractivity contribution is 7.80. The molecule has 1 N–H and O–H groups in total. The van der Waals surface area contributed by atoms with Gasteiger partial charge in [-0.1, -0.05) is 18.2 Å². The van der Waals surface area contributed by atoms with E-state index < -0.39 is 12.0 Å². The summed E-state index contributed by atoms with van der Waals surface area (Å²) in [4.78, 5) is 14.6. The van der Waals surface area contributed by atoms with Crippen molar-refractivity contribution in [2.45, 2.75) is 26.8 Å². The van der Waals surface area contributed by atoms with Crippen LogP contribution in [0.4, 0.5) is 5.69 Å². The lowest BCUT2D eigenvalue weighted by molar-refractivity contribution is -0.136. The Morgan fingerprint density at radius 2 is 1.80 bits per heavy atom. The fourth-order valence-corrected chi connectivity index (χ4v) is 3.99. The second kappa shape index (κ2) is 8.97. The zero-order valence-corrected chi connectivity index (χ0v) is 18.2. The molecule has 2 aromatic rings. The molecule has 1 aliphatic heterocycles. The number of ether oxygens (including phenoxy) is 2. The van der Waals surface area contributed by atoms with E-state index in [9.17, 15) is 4.79 Å². The number of nitrogens with zero attached hydrogens (tertiary/aromatic N) is 2. The monoisotopic (exact) mass is 421 g/mol. The van der Waals surface area contributed by atoms with Crippen molar-refractivity contribution >= 4 is 29.0 Å². The van der Waals surface area contributed by atoms with E-state index in [4.69, 9.17) is 27.0 Å². The van der Waals surface area contributed by atoms with E-state index in [1.54, 1.807) is 12.1 Å². The van der Waals surface area contributed by atoms with Crippen LogP contribution >= 0.6 is 12.2 Å². The lowest BCUT2D eigenvalue weighted by Crippen LogP contribution is -2.48. The molecule has 0 saturated heterocycles. The average Bonchev–Trinajstić information content (AvgIpc) is 2.71. The van der Waals surface area contributed by atoms with Gasteiger partial charge in [-0.3, -0.25) is 4.90 Å². The summed E-state index contributed by atoms with van der Waals surface area (Å²) in [5.41, 5.74) is 5.14. The van der Waals surface area contributed by atoms with Crippen LogP contribution in [0, 0.1) is 25.2 Å². The molecule has 1 heterocycles. The molecule has 154 valence electrons. The third-order valence-electron chi connectivity index (χ3n) is 4.87. The number of rotatable bonds is 5. The maximum atomic E-state index is 12.7. The van der Waals surface area contributed by atoms with Crippen molar-refractivity contribution in [3.63, 3.8) is 0 Å². The van der Waals surface area contributed by atoms with Crippen LogP contribution in [-0.4, -0.2) is 24.8 Å². The minimum Gasteiger partial charge on any atom is -0.479 e. The second-order valence-corrected chi connectivity index (χ2v) is 7.46. The van der Waals surface area contributed by atoms with Crippen LogP contribution in [0.5, 0.6) is 5.75 Å². The number of nitriles is 1. The van der Waals surface area contributed by atoms with Crippen molar-refractivity contribution in [3.05, 3.63) is 70.4 Å². The molecular formula is C23H23N3O3S. The van der Waals surface area contributed by atoms with Gasteiger partial charge in [0.15, 0.2) is 11.7 Å². The molecule has 0 fully saturated rings. The van der Waals surface area contributed by atoms with Gasteiger partial charge in [0.05, 0.1) is 18.7 Å². The molecule has 0 spiro atoms. The largest absolute Gasteiger partial charge is 0.479 e. The maximum Gasteiger partial charge on any atom is 0.337 e. The number of allylic oxidation sites excluding steroid dienone is 1. The fraction of sp³-hybridized carbons (Fsp3) is 0.261. The highest BCUT2D eigenvalue weighted by Gasteiger charge is 2.35. The van der Waals surface area contributed by atoms with Gasteiger partial charge in [0.2, 0.25) is 0 Å². The quantitative estimate of drug-likeness (QED) is 0.576. The molecule has 0 unspecified atom stereocenters. The zero-order valence-electron chi connectivity index (χ0n) is 17.4. The van der Waals surface area contributed by atoms with Gasteiger partial charge < -0.3 is 14.8 Å². The predicted octanol–water partition coefficient (Wildman–Crippen LogP) is 4.09. The van der Waals surface area contributed by atoms with E-state index in [1.165, 1.54) is 7.11 Å². The number of methoxy groups -OCH3 is 1. The summed E-state index contributed by atoms with van der Waals surface area (Å²) in [6.45, 7) is 5.89. The van der Waals surface area contributed by atoms with E-state index >= 15 is 0 Å². The molecule has 0 bridgehead atoms. The van der Waals surface area contributed by atoms with Crippen molar-refractivity contribution in [2.75, 3.05) is 18.6 Å². The van der Waals surface area contributed by atoms with Crippen LogP contribution in [0.25, 0.3) is 0 Å². The Morgan fingerprint density at radius 1 is 1.17 bits per heavy atom. The van der Waals surface area contributed by atoms with Crippen LogP contribution in [0.1, 0.15) is 29.7 Å². The van der Waals surface area contributed by atoms with Gasteiger partial charge in [0, 0.05) is 11.4 Å². The topological polar surface area (TPSA) is 74.6 Å². The summed E-state index contributed by atoms with van der Waals surface area (Å²) in [5.74, 6) is 0.155. The molecule has 0 amide bonds. The molecular weight excluding hydrogens is 398 g/mol. The zero-order chi connectivity index (χ0) is 21.8. The first-order chi connectivity index (χ1) is 14.3. The number of carbonyl (C=O) groups excluding carboxylic acids is 1. The number of hydrogen-bond acceptors (Lipinski definition) is 5. The smallest absolute Gasteiger partial charge is 0.337 e. The summed E-state index contributed by atoms with van der Waals surface area (Å²) in [5, 5.41) is 12.4. The molecule has 6 nitrogen and oxygen atoms in total. The number of thiocarbonyl (C=S) groups is 1. The molecule has 1 aliphatic rings. The van der Waals surface area contributed by atoms with Crippen molar-refractivity contribution in [1.82, 2.24) is 5.32 Å². The Hall–Kier alpha value is -3.37. The minimum atomic E-state index is -0.461. The molecule has 3 rings (SSSR count). The lowest BCUT2D eigenvalue weighted by atomic mass is 9.94. The molecule has 0 saturated carbocycles. The summed E-state index contributed by atoms with van der Waals surface area (Å²) < 4.78 is 10.4. The third-order valence-corrected chi connectivity index (χ3v) is 5.17. The molecule has 0 aromatic heterocycles. The van der Waals surface area contributed by atoms with Gasteiger partial charge in [0.1, 0.15) is 11.8 Å². The molecule has 7 heteroatoms.